The number of rotatable bonds is 6. The first-order chi connectivity index (χ1) is 15.6. The molecule has 0 amide bonds. The summed E-state index contributed by atoms with van der Waals surface area (Å²) in [5, 5.41) is 5.11. The van der Waals surface area contributed by atoms with Crippen molar-refractivity contribution in [2.24, 2.45) is 0 Å². The van der Waals surface area contributed by atoms with Crippen LogP contribution in [0.1, 0.15) is 36.3 Å². The van der Waals surface area contributed by atoms with Crippen molar-refractivity contribution in [3.63, 3.8) is 0 Å². The van der Waals surface area contributed by atoms with Crippen molar-refractivity contribution in [1.29, 1.82) is 0 Å². The molecule has 0 aliphatic rings. The van der Waals surface area contributed by atoms with Gasteiger partial charge in [0.05, 0.1) is 47.8 Å². The summed E-state index contributed by atoms with van der Waals surface area (Å²) in [6.45, 7) is 6.67. The van der Waals surface area contributed by atoms with E-state index in [2.05, 4.69) is 33.8 Å². The monoisotopic (exact) mass is 427 g/mol. The maximum atomic E-state index is 5.81. The number of hydrogen-bond acceptors (Lipinski definition) is 6. The average Bonchev–Trinajstić information content (AvgIpc) is 3.33. The van der Waals surface area contributed by atoms with E-state index in [-0.39, 0.29) is 0 Å². The van der Waals surface area contributed by atoms with Crippen LogP contribution in [0.3, 0.4) is 0 Å². The van der Waals surface area contributed by atoms with Crippen molar-refractivity contribution in [3.05, 3.63) is 65.7 Å². The van der Waals surface area contributed by atoms with Crippen LogP contribution >= 0.6 is 0 Å². The Labute approximate surface area is 186 Å². The summed E-state index contributed by atoms with van der Waals surface area (Å²) >= 11 is 0. The Balaban J connectivity index is 1.78. The Hall–Kier alpha value is -3.74. The summed E-state index contributed by atoms with van der Waals surface area (Å²) in [6.07, 6.45) is 5.58. The van der Waals surface area contributed by atoms with Crippen LogP contribution in [0.5, 0.6) is 5.75 Å². The standard InChI is InChI=1S/C25H25N5O2/c1-5-8-23-28-21-13-27-20-11-19(24-15(2)29-32-16(24)3)22(31-4)12-18(20)25(21)30(23)14-17-9-6-7-10-26-17/h6-7,9-13H,5,8,14H2,1-4H3. The van der Waals surface area contributed by atoms with Gasteiger partial charge in [-0.2, -0.15) is 0 Å². The number of fused-ring (bicyclic) bond motifs is 3. The van der Waals surface area contributed by atoms with Gasteiger partial charge < -0.3 is 13.8 Å². The third kappa shape index (κ3) is 3.30. The van der Waals surface area contributed by atoms with Crippen LogP contribution in [-0.2, 0) is 13.0 Å². The first-order valence-corrected chi connectivity index (χ1v) is 10.8. The van der Waals surface area contributed by atoms with E-state index >= 15 is 0 Å². The molecule has 0 fully saturated rings. The lowest BCUT2D eigenvalue weighted by atomic mass is 10.0. The predicted octanol–water partition coefficient (Wildman–Crippen LogP) is 5.26. The van der Waals surface area contributed by atoms with Crippen molar-refractivity contribution < 1.29 is 9.26 Å². The van der Waals surface area contributed by atoms with Gasteiger partial charge in [-0.15, -0.1) is 0 Å². The highest BCUT2D eigenvalue weighted by Gasteiger charge is 2.20. The maximum absolute atomic E-state index is 5.81. The van der Waals surface area contributed by atoms with Crippen molar-refractivity contribution in [2.75, 3.05) is 7.11 Å². The molecule has 0 spiro atoms. The first-order valence-electron chi connectivity index (χ1n) is 10.8. The Bertz CT molecular complexity index is 1400. The van der Waals surface area contributed by atoms with Crippen molar-refractivity contribution in [3.8, 4) is 16.9 Å². The molecule has 0 unspecified atom stereocenters. The third-order valence-electron chi connectivity index (χ3n) is 5.80. The minimum absolute atomic E-state index is 0.653. The Kier molecular flexibility index (Phi) is 5.09. The molecular weight excluding hydrogens is 402 g/mol. The number of benzene rings is 1. The lowest BCUT2D eigenvalue weighted by Crippen LogP contribution is -2.06. The molecule has 0 N–H and O–H groups in total. The minimum Gasteiger partial charge on any atom is -0.496 e. The van der Waals surface area contributed by atoms with E-state index in [1.165, 1.54) is 0 Å². The molecule has 0 aliphatic heterocycles. The third-order valence-corrected chi connectivity index (χ3v) is 5.80. The fourth-order valence-electron chi connectivity index (χ4n) is 4.36. The lowest BCUT2D eigenvalue weighted by Gasteiger charge is -2.13. The van der Waals surface area contributed by atoms with E-state index < -0.39 is 0 Å². The smallest absolute Gasteiger partial charge is 0.141 e. The van der Waals surface area contributed by atoms with E-state index in [0.29, 0.717) is 6.54 Å². The number of ether oxygens (including phenoxy) is 1. The second-order valence-electron chi connectivity index (χ2n) is 7.95. The molecule has 7 nitrogen and oxygen atoms in total. The molecule has 0 aliphatic carbocycles. The fraction of sp³-hybridized carbons (Fsp3) is 0.280. The largest absolute Gasteiger partial charge is 0.496 e. The topological polar surface area (TPSA) is 78.9 Å². The van der Waals surface area contributed by atoms with Crippen LogP contribution in [0, 0.1) is 13.8 Å². The zero-order chi connectivity index (χ0) is 22.2. The van der Waals surface area contributed by atoms with Gasteiger partial charge in [0.25, 0.3) is 0 Å². The van der Waals surface area contributed by atoms with Crippen molar-refractivity contribution in [1.82, 2.24) is 24.7 Å². The van der Waals surface area contributed by atoms with Gasteiger partial charge in [0.15, 0.2) is 0 Å². The number of aromatic nitrogens is 5. The molecule has 162 valence electrons. The van der Waals surface area contributed by atoms with Gasteiger partial charge in [-0.25, -0.2) is 4.98 Å². The van der Waals surface area contributed by atoms with Gasteiger partial charge >= 0.3 is 0 Å². The number of methoxy groups -OCH3 is 1. The quantitative estimate of drug-likeness (QED) is 0.368. The Morgan fingerprint density at radius 3 is 2.66 bits per heavy atom. The molecule has 1 aromatic carbocycles. The zero-order valence-corrected chi connectivity index (χ0v) is 18.7. The van der Waals surface area contributed by atoms with Crippen LogP contribution in [0.4, 0.5) is 0 Å². The highest BCUT2D eigenvalue weighted by Crippen LogP contribution is 2.39. The fourth-order valence-corrected chi connectivity index (χ4v) is 4.36. The van der Waals surface area contributed by atoms with Gasteiger partial charge in [-0.3, -0.25) is 9.97 Å². The highest BCUT2D eigenvalue weighted by molar-refractivity contribution is 6.05. The summed E-state index contributed by atoms with van der Waals surface area (Å²) < 4.78 is 13.5. The maximum Gasteiger partial charge on any atom is 0.141 e. The molecule has 5 rings (SSSR count). The molecule has 0 atom stereocenters. The molecule has 0 radical (unpaired) electrons. The second-order valence-corrected chi connectivity index (χ2v) is 7.95. The van der Waals surface area contributed by atoms with Crippen molar-refractivity contribution >= 4 is 21.9 Å². The summed E-state index contributed by atoms with van der Waals surface area (Å²) in [5.41, 5.74) is 6.49. The first kappa shape index (κ1) is 20.2. The molecule has 32 heavy (non-hydrogen) atoms. The predicted molar refractivity (Wildman–Crippen MR) is 124 cm³/mol. The van der Waals surface area contributed by atoms with Gasteiger partial charge in [-0.1, -0.05) is 18.1 Å². The Morgan fingerprint density at radius 2 is 1.97 bits per heavy atom. The van der Waals surface area contributed by atoms with E-state index in [0.717, 1.165) is 74.6 Å². The van der Waals surface area contributed by atoms with Crippen LogP contribution in [0.25, 0.3) is 33.1 Å². The molecule has 0 bridgehead atoms. The van der Waals surface area contributed by atoms with Gasteiger partial charge in [0.2, 0.25) is 0 Å². The number of imidazole rings is 1. The number of aryl methyl sites for hydroxylation is 3. The molecular formula is C25H25N5O2. The van der Waals surface area contributed by atoms with Crippen LogP contribution < -0.4 is 4.74 Å². The summed E-state index contributed by atoms with van der Waals surface area (Å²) in [7, 11) is 1.68. The van der Waals surface area contributed by atoms with E-state index in [9.17, 15) is 0 Å². The van der Waals surface area contributed by atoms with Gasteiger partial charge in [0, 0.05) is 23.6 Å². The molecule has 4 aromatic heterocycles. The lowest BCUT2D eigenvalue weighted by molar-refractivity contribution is 0.393. The highest BCUT2D eigenvalue weighted by atomic mass is 16.5. The molecule has 0 saturated heterocycles. The van der Waals surface area contributed by atoms with Gasteiger partial charge in [0.1, 0.15) is 22.9 Å². The SMILES string of the molecule is CCCc1nc2cnc3cc(-c4c(C)noc4C)c(OC)cc3c2n1Cc1ccccn1. The van der Waals surface area contributed by atoms with Crippen LogP contribution in [0.15, 0.2) is 47.2 Å². The summed E-state index contributed by atoms with van der Waals surface area (Å²) in [4.78, 5) is 14.2. The molecule has 5 aromatic rings. The average molecular weight is 428 g/mol. The minimum atomic E-state index is 0.653. The second kappa shape index (κ2) is 8.07. The summed E-state index contributed by atoms with van der Waals surface area (Å²) in [5.74, 6) is 2.55. The van der Waals surface area contributed by atoms with E-state index in [4.69, 9.17) is 19.2 Å². The number of hydrogen-bond donors (Lipinski definition) is 0. The van der Waals surface area contributed by atoms with Crippen LogP contribution in [-0.4, -0.2) is 31.8 Å². The van der Waals surface area contributed by atoms with Crippen LogP contribution in [0.2, 0.25) is 0 Å². The normalized spacial score (nSPS) is 11.5. The molecule has 4 heterocycles. The number of pyridine rings is 2. The Morgan fingerprint density at radius 1 is 1.09 bits per heavy atom. The van der Waals surface area contributed by atoms with Gasteiger partial charge in [-0.05, 0) is 44.5 Å². The number of nitrogens with zero attached hydrogens (tertiary/aromatic N) is 5. The van der Waals surface area contributed by atoms with Crippen molar-refractivity contribution in [2.45, 2.75) is 40.2 Å². The molecule has 0 saturated carbocycles. The molecule has 7 heteroatoms. The summed E-state index contributed by atoms with van der Waals surface area (Å²) in [6, 6.07) is 10.1. The van der Waals surface area contributed by atoms with E-state index in [1.807, 2.05) is 44.4 Å². The van der Waals surface area contributed by atoms with E-state index in [1.54, 1.807) is 7.11 Å². The zero-order valence-electron chi connectivity index (χ0n) is 18.7.